The van der Waals surface area contributed by atoms with Crippen molar-refractivity contribution in [3.63, 3.8) is 0 Å². The number of hydrogen-bond donors (Lipinski definition) is 0. The Balaban J connectivity index is 3.22. The first kappa shape index (κ1) is 11.8. The molecule has 0 fully saturated rings. The highest BCUT2D eigenvalue weighted by molar-refractivity contribution is 5.83. The van der Waals surface area contributed by atoms with Crippen molar-refractivity contribution in [1.29, 1.82) is 0 Å². The summed E-state index contributed by atoms with van der Waals surface area (Å²) in [7, 11) is 1.66. The number of ether oxygens (including phenoxy) is 1. The summed E-state index contributed by atoms with van der Waals surface area (Å²) in [6.07, 6.45) is 0. The van der Waals surface area contributed by atoms with Crippen molar-refractivity contribution in [2.24, 2.45) is 0 Å². The lowest BCUT2D eigenvalue weighted by Gasteiger charge is -2.14. The number of rotatable bonds is 3. The summed E-state index contributed by atoms with van der Waals surface area (Å²) >= 11 is 0. The van der Waals surface area contributed by atoms with Crippen molar-refractivity contribution in [3.8, 4) is 5.75 Å². The predicted octanol–water partition coefficient (Wildman–Crippen LogP) is 3.00. The Kier molecular flexibility index (Phi) is 3.51. The summed E-state index contributed by atoms with van der Waals surface area (Å²) in [5.41, 5.74) is 3.33. The van der Waals surface area contributed by atoms with Crippen LogP contribution >= 0.6 is 0 Å². The summed E-state index contributed by atoms with van der Waals surface area (Å²) < 4.78 is 5.29. The second-order valence-corrected chi connectivity index (χ2v) is 4.00. The van der Waals surface area contributed by atoms with E-state index in [2.05, 4.69) is 6.07 Å². The summed E-state index contributed by atoms with van der Waals surface area (Å²) in [4.78, 5) is 11.3. The first-order valence-electron chi connectivity index (χ1n) is 5.13. The second-order valence-electron chi connectivity index (χ2n) is 4.00. The van der Waals surface area contributed by atoms with E-state index in [4.69, 9.17) is 4.74 Å². The highest BCUT2D eigenvalue weighted by atomic mass is 16.5. The van der Waals surface area contributed by atoms with Crippen LogP contribution in [0.5, 0.6) is 5.75 Å². The normalized spacial score (nSPS) is 12.3. The van der Waals surface area contributed by atoms with Gasteiger partial charge in [-0.3, -0.25) is 4.79 Å². The molecule has 2 heteroatoms. The Hall–Kier alpha value is -1.31. The topological polar surface area (TPSA) is 26.3 Å². The molecule has 1 aromatic rings. The summed E-state index contributed by atoms with van der Waals surface area (Å²) in [5, 5.41) is 0. The van der Waals surface area contributed by atoms with Gasteiger partial charge in [-0.15, -0.1) is 0 Å². The summed E-state index contributed by atoms with van der Waals surface area (Å²) in [5.74, 6) is 0.983. The molecule has 15 heavy (non-hydrogen) atoms. The molecule has 0 saturated heterocycles. The Morgan fingerprint density at radius 2 is 1.93 bits per heavy atom. The summed E-state index contributed by atoms with van der Waals surface area (Å²) in [6.45, 7) is 7.60. The van der Waals surface area contributed by atoms with Crippen molar-refractivity contribution < 1.29 is 9.53 Å². The lowest BCUT2D eigenvalue weighted by Crippen LogP contribution is -2.05. The SMILES string of the molecule is COc1cc([C@@H](C)C(C)=O)cc(C)c1C. The molecule has 0 amide bonds. The van der Waals surface area contributed by atoms with E-state index in [0.29, 0.717) is 0 Å². The predicted molar refractivity (Wildman–Crippen MR) is 61.6 cm³/mol. The van der Waals surface area contributed by atoms with Crippen LogP contribution in [0.1, 0.15) is 36.5 Å². The number of benzene rings is 1. The third kappa shape index (κ3) is 2.38. The minimum Gasteiger partial charge on any atom is -0.496 e. The van der Waals surface area contributed by atoms with Gasteiger partial charge in [-0.25, -0.2) is 0 Å². The molecule has 2 nitrogen and oxygen atoms in total. The monoisotopic (exact) mass is 206 g/mol. The molecule has 0 spiro atoms. The van der Waals surface area contributed by atoms with Crippen LogP contribution in [0.4, 0.5) is 0 Å². The van der Waals surface area contributed by atoms with Gasteiger partial charge in [0, 0.05) is 5.92 Å². The van der Waals surface area contributed by atoms with Crippen LogP contribution in [-0.2, 0) is 4.79 Å². The largest absolute Gasteiger partial charge is 0.496 e. The number of methoxy groups -OCH3 is 1. The molecular formula is C13H18O2. The van der Waals surface area contributed by atoms with Crippen molar-refractivity contribution in [3.05, 3.63) is 28.8 Å². The fourth-order valence-electron chi connectivity index (χ4n) is 1.55. The first-order chi connectivity index (χ1) is 6.97. The van der Waals surface area contributed by atoms with Gasteiger partial charge in [-0.05, 0) is 43.5 Å². The van der Waals surface area contributed by atoms with Gasteiger partial charge in [-0.1, -0.05) is 13.0 Å². The van der Waals surface area contributed by atoms with Gasteiger partial charge in [0.2, 0.25) is 0 Å². The van der Waals surface area contributed by atoms with E-state index in [1.807, 2.05) is 26.8 Å². The van der Waals surface area contributed by atoms with Gasteiger partial charge in [0.25, 0.3) is 0 Å². The lowest BCUT2D eigenvalue weighted by atomic mass is 9.94. The number of carbonyl (C=O) groups excluding carboxylic acids is 1. The van der Waals surface area contributed by atoms with E-state index in [-0.39, 0.29) is 11.7 Å². The molecule has 0 saturated carbocycles. The van der Waals surface area contributed by atoms with E-state index in [1.54, 1.807) is 14.0 Å². The van der Waals surface area contributed by atoms with E-state index in [0.717, 1.165) is 22.4 Å². The van der Waals surface area contributed by atoms with E-state index in [1.165, 1.54) is 0 Å². The van der Waals surface area contributed by atoms with Gasteiger partial charge in [0.05, 0.1) is 7.11 Å². The van der Waals surface area contributed by atoms with Crippen LogP contribution in [0.3, 0.4) is 0 Å². The van der Waals surface area contributed by atoms with Gasteiger partial charge in [0.1, 0.15) is 11.5 Å². The lowest BCUT2D eigenvalue weighted by molar-refractivity contribution is -0.118. The van der Waals surface area contributed by atoms with Crippen LogP contribution < -0.4 is 4.74 Å². The summed E-state index contributed by atoms with van der Waals surface area (Å²) in [6, 6.07) is 4.01. The maximum atomic E-state index is 11.3. The molecule has 82 valence electrons. The molecule has 0 radical (unpaired) electrons. The third-order valence-corrected chi connectivity index (χ3v) is 2.97. The van der Waals surface area contributed by atoms with E-state index < -0.39 is 0 Å². The van der Waals surface area contributed by atoms with E-state index >= 15 is 0 Å². The maximum Gasteiger partial charge on any atom is 0.136 e. The number of hydrogen-bond acceptors (Lipinski definition) is 2. The standard InChI is InChI=1S/C13H18O2/c1-8-6-12(10(3)11(4)14)7-13(15-5)9(8)2/h6-7,10H,1-5H3/t10-/m0/s1. The Morgan fingerprint density at radius 3 is 2.40 bits per heavy atom. The highest BCUT2D eigenvalue weighted by Gasteiger charge is 2.13. The van der Waals surface area contributed by atoms with Crippen LogP contribution in [0.15, 0.2) is 12.1 Å². The molecule has 1 atom stereocenters. The van der Waals surface area contributed by atoms with Crippen molar-refractivity contribution in [1.82, 2.24) is 0 Å². The van der Waals surface area contributed by atoms with Crippen molar-refractivity contribution in [2.45, 2.75) is 33.6 Å². The minimum atomic E-state index is -0.0572. The highest BCUT2D eigenvalue weighted by Crippen LogP contribution is 2.27. The second kappa shape index (κ2) is 4.47. The average Bonchev–Trinajstić information content (AvgIpc) is 2.20. The van der Waals surface area contributed by atoms with Crippen LogP contribution in [0.25, 0.3) is 0 Å². The zero-order valence-corrected chi connectivity index (χ0v) is 10.0. The molecule has 0 aliphatic rings. The molecule has 0 N–H and O–H groups in total. The van der Waals surface area contributed by atoms with Crippen LogP contribution in [-0.4, -0.2) is 12.9 Å². The van der Waals surface area contributed by atoms with Gasteiger partial charge >= 0.3 is 0 Å². The van der Waals surface area contributed by atoms with Gasteiger partial charge < -0.3 is 4.74 Å². The van der Waals surface area contributed by atoms with Crippen molar-refractivity contribution >= 4 is 5.78 Å². The van der Waals surface area contributed by atoms with Gasteiger partial charge in [0.15, 0.2) is 0 Å². The molecule has 0 unspecified atom stereocenters. The Morgan fingerprint density at radius 1 is 1.33 bits per heavy atom. The molecule has 1 rings (SSSR count). The number of carbonyl (C=O) groups is 1. The van der Waals surface area contributed by atoms with E-state index in [9.17, 15) is 4.79 Å². The molecule has 0 aliphatic carbocycles. The number of Topliss-reactive ketones (excluding diaryl/α,β-unsaturated/α-hetero) is 1. The maximum absolute atomic E-state index is 11.3. The zero-order chi connectivity index (χ0) is 11.6. The Bertz CT molecular complexity index is 380. The first-order valence-corrected chi connectivity index (χ1v) is 5.13. The number of ketones is 1. The van der Waals surface area contributed by atoms with Crippen molar-refractivity contribution in [2.75, 3.05) is 7.11 Å². The molecule has 0 heterocycles. The minimum absolute atomic E-state index is 0.0572. The van der Waals surface area contributed by atoms with Crippen LogP contribution in [0, 0.1) is 13.8 Å². The molecule has 0 aliphatic heterocycles. The quantitative estimate of drug-likeness (QED) is 0.760. The third-order valence-electron chi connectivity index (χ3n) is 2.97. The molecule has 1 aromatic carbocycles. The average molecular weight is 206 g/mol. The van der Waals surface area contributed by atoms with Gasteiger partial charge in [-0.2, -0.15) is 0 Å². The molecule has 0 aromatic heterocycles. The smallest absolute Gasteiger partial charge is 0.136 e. The fraction of sp³-hybridized carbons (Fsp3) is 0.462. The number of aryl methyl sites for hydroxylation is 1. The fourth-order valence-corrected chi connectivity index (χ4v) is 1.55. The Labute approximate surface area is 91.3 Å². The zero-order valence-electron chi connectivity index (χ0n) is 10.0. The molecule has 0 bridgehead atoms. The van der Waals surface area contributed by atoms with Crippen LogP contribution in [0.2, 0.25) is 0 Å². The molecular weight excluding hydrogens is 188 g/mol.